The van der Waals surface area contributed by atoms with Crippen molar-refractivity contribution in [1.82, 2.24) is 5.43 Å². The SMILES string of the molecule is COc1cc(C(CCC2CC2)NN)cc(OC)c1OC. The van der Waals surface area contributed by atoms with Gasteiger partial charge in [0.05, 0.1) is 21.3 Å². The molecule has 20 heavy (non-hydrogen) atoms. The largest absolute Gasteiger partial charge is 0.493 e. The minimum Gasteiger partial charge on any atom is -0.493 e. The predicted molar refractivity (Wildman–Crippen MR) is 78.1 cm³/mol. The van der Waals surface area contributed by atoms with Crippen LogP contribution in [0.25, 0.3) is 0 Å². The van der Waals surface area contributed by atoms with Gasteiger partial charge in [-0.05, 0) is 36.5 Å². The molecule has 1 aliphatic rings. The van der Waals surface area contributed by atoms with Gasteiger partial charge in [-0.1, -0.05) is 12.8 Å². The van der Waals surface area contributed by atoms with E-state index in [1.54, 1.807) is 21.3 Å². The molecule has 1 aliphatic carbocycles. The van der Waals surface area contributed by atoms with Crippen molar-refractivity contribution in [2.75, 3.05) is 21.3 Å². The summed E-state index contributed by atoms with van der Waals surface area (Å²) in [5, 5.41) is 0. The molecule has 0 radical (unpaired) electrons. The van der Waals surface area contributed by atoms with Gasteiger partial charge in [0.2, 0.25) is 5.75 Å². The van der Waals surface area contributed by atoms with E-state index in [-0.39, 0.29) is 6.04 Å². The molecule has 0 amide bonds. The molecule has 1 unspecified atom stereocenters. The summed E-state index contributed by atoms with van der Waals surface area (Å²) in [5.41, 5.74) is 3.95. The van der Waals surface area contributed by atoms with Crippen molar-refractivity contribution in [3.8, 4) is 17.2 Å². The maximum Gasteiger partial charge on any atom is 0.203 e. The van der Waals surface area contributed by atoms with E-state index in [1.165, 1.54) is 19.3 Å². The maximum absolute atomic E-state index is 5.70. The van der Waals surface area contributed by atoms with Crippen molar-refractivity contribution in [3.63, 3.8) is 0 Å². The Morgan fingerprint density at radius 3 is 2.15 bits per heavy atom. The molecule has 1 aromatic rings. The van der Waals surface area contributed by atoms with E-state index >= 15 is 0 Å². The number of ether oxygens (including phenoxy) is 3. The van der Waals surface area contributed by atoms with Gasteiger partial charge in [0.15, 0.2) is 11.5 Å². The molecule has 0 heterocycles. The Labute approximate surface area is 120 Å². The van der Waals surface area contributed by atoms with E-state index in [2.05, 4.69) is 5.43 Å². The number of nitrogens with one attached hydrogen (secondary N) is 1. The third-order valence-corrected chi connectivity index (χ3v) is 3.85. The van der Waals surface area contributed by atoms with Crippen molar-refractivity contribution in [3.05, 3.63) is 17.7 Å². The first-order chi connectivity index (χ1) is 9.73. The van der Waals surface area contributed by atoms with Gasteiger partial charge < -0.3 is 14.2 Å². The van der Waals surface area contributed by atoms with Crippen LogP contribution in [0.5, 0.6) is 17.2 Å². The van der Waals surface area contributed by atoms with Crippen LogP contribution in [-0.4, -0.2) is 21.3 Å². The van der Waals surface area contributed by atoms with E-state index in [0.29, 0.717) is 17.2 Å². The van der Waals surface area contributed by atoms with Gasteiger partial charge in [0.1, 0.15) is 0 Å². The molecule has 1 atom stereocenters. The van der Waals surface area contributed by atoms with Crippen LogP contribution in [0.2, 0.25) is 0 Å². The van der Waals surface area contributed by atoms with Gasteiger partial charge in [-0.3, -0.25) is 11.3 Å². The van der Waals surface area contributed by atoms with Gasteiger partial charge in [-0.2, -0.15) is 0 Å². The number of rotatable bonds is 8. The Kier molecular flexibility index (Phi) is 5.09. The molecule has 0 aromatic heterocycles. The fraction of sp³-hybridized carbons (Fsp3) is 0.600. The lowest BCUT2D eigenvalue weighted by Crippen LogP contribution is -2.28. The molecule has 1 aromatic carbocycles. The minimum absolute atomic E-state index is 0.101. The second kappa shape index (κ2) is 6.81. The second-order valence-electron chi connectivity index (χ2n) is 5.20. The molecule has 5 nitrogen and oxygen atoms in total. The van der Waals surface area contributed by atoms with Gasteiger partial charge >= 0.3 is 0 Å². The highest BCUT2D eigenvalue weighted by Crippen LogP contribution is 2.41. The summed E-state index contributed by atoms with van der Waals surface area (Å²) in [4.78, 5) is 0. The molecule has 0 aliphatic heterocycles. The topological polar surface area (TPSA) is 65.7 Å². The lowest BCUT2D eigenvalue weighted by Gasteiger charge is -2.20. The van der Waals surface area contributed by atoms with Crippen molar-refractivity contribution in [2.24, 2.45) is 11.8 Å². The molecular weight excluding hydrogens is 256 g/mol. The van der Waals surface area contributed by atoms with Gasteiger partial charge in [-0.25, -0.2) is 0 Å². The second-order valence-corrected chi connectivity index (χ2v) is 5.20. The molecule has 1 fully saturated rings. The molecule has 1 saturated carbocycles. The number of methoxy groups -OCH3 is 3. The highest BCUT2D eigenvalue weighted by atomic mass is 16.5. The first kappa shape index (κ1) is 14.9. The monoisotopic (exact) mass is 280 g/mol. The van der Waals surface area contributed by atoms with Crippen LogP contribution in [0.3, 0.4) is 0 Å². The van der Waals surface area contributed by atoms with E-state index < -0.39 is 0 Å². The van der Waals surface area contributed by atoms with Crippen LogP contribution in [0.1, 0.15) is 37.3 Å². The van der Waals surface area contributed by atoms with Crippen molar-refractivity contribution < 1.29 is 14.2 Å². The summed E-state index contributed by atoms with van der Waals surface area (Å²) in [7, 11) is 4.85. The number of hydrogen-bond donors (Lipinski definition) is 2. The smallest absolute Gasteiger partial charge is 0.203 e. The third-order valence-electron chi connectivity index (χ3n) is 3.85. The molecule has 112 valence electrons. The van der Waals surface area contributed by atoms with Crippen LogP contribution in [0, 0.1) is 5.92 Å². The number of hydrogen-bond acceptors (Lipinski definition) is 5. The summed E-state index contributed by atoms with van der Waals surface area (Å²) < 4.78 is 16.1. The Morgan fingerprint density at radius 2 is 1.75 bits per heavy atom. The predicted octanol–water partition coefficient (Wildman–Crippen LogP) is 2.41. The van der Waals surface area contributed by atoms with Gasteiger partial charge in [-0.15, -0.1) is 0 Å². The summed E-state index contributed by atoms with van der Waals surface area (Å²) in [6, 6.07) is 4.02. The quantitative estimate of drug-likeness (QED) is 0.565. The minimum atomic E-state index is 0.101. The number of benzene rings is 1. The number of nitrogens with two attached hydrogens (primary N) is 1. The summed E-state index contributed by atoms with van der Waals surface area (Å²) in [6.07, 6.45) is 4.92. The average Bonchev–Trinajstić information content (AvgIpc) is 3.30. The Morgan fingerprint density at radius 1 is 1.15 bits per heavy atom. The van der Waals surface area contributed by atoms with E-state index in [1.807, 2.05) is 12.1 Å². The van der Waals surface area contributed by atoms with Crippen molar-refractivity contribution in [2.45, 2.75) is 31.7 Å². The Bertz CT molecular complexity index is 422. The Balaban J connectivity index is 2.23. The standard InChI is InChI=1S/C15H24N2O3/c1-18-13-8-11(9-14(19-2)15(13)20-3)12(17-16)7-6-10-4-5-10/h8-10,12,17H,4-7,16H2,1-3H3. The van der Waals surface area contributed by atoms with Crippen molar-refractivity contribution >= 4 is 0 Å². The average molecular weight is 280 g/mol. The maximum atomic E-state index is 5.70. The first-order valence-electron chi connectivity index (χ1n) is 6.99. The van der Waals surface area contributed by atoms with Crippen LogP contribution in [0.4, 0.5) is 0 Å². The fourth-order valence-electron chi connectivity index (χ4n) is 2.46. The Hall–Kier alpha value is -1.46. The van der Waals surface area contributed by atoms with Crippen LogP contribution in [-0.2, 0) is 0 Å². The zero-order valence-electron chi connectivity index (χ0n) is 12.4. The number of hydrazine groups is 1. The normalized spacial score (nSPS) is 15.8. The van der Waals surface area contributed by atoms with Crippen LogP contribution >= 0.6 is 0 Å². The molecule has 0 saturated heterocycles. The van der Waals surface area contributed by atoms with Crippen LogP contribution < -0.4 is 25.5 Å². The molecule has 0 spiro atoms. The van der Waals surface area contributed by atoms with Gasteiger partial charge in [0, 0.05) is 6.04 Å². The molecule has 0 bridgehead atoms. The third kappa shape index (κ3) is 3.35. The highest BCUT2D eigenvalue weighted by molar-refractivity contribution is 5.54. The van der Waals surface area contributed by atoms with Crippen molar-refractivity contribution in [1.29, 1.82) is 0 Å². The fourth-order valence-corrected chi connectivity index (χ4v) is 2.46. The first-order valence-corrected chi connectivity index (χ1v) is 6.99. The lowest BCUT2D eigenvalue weighted by molar-refractivity contribution is 0.322. The highest BCUT2D eigenvalue weighted by Gasteiger charge is 2.24. The molecule has 5 heteroatoms. The molecule has 2 rings (SSSR count). The van der Waals surface area contributed by atoms with E-state index in [0.717, 1.165) is 17.9 Å². The van der Waals surface area contributed by atoms with Gasteiger partial charge in [0.25, 0.3) is 0 Å². The zero-order chi connectivity index (χ0) is 14.5. The van der Waals surface area contributed by atoms with E-state index in [4.69, 9.17) is 20.1 Å². The van der Waals surface area contributed by atoms with E-state index in [9.17, 15) is 0 Å². The summed E-state index contributed by atoms with van der Waals surface area (Å²) >= 11 is 0. The lowest BCUT2D eigenvalue weighted by atomic mass is 10.00. The summed E-state index contributed by atoms with van der Waals surface area (Å²) in [6.45, 7) is 0. The summed E-state index contributed by atoms with van der Waals surface area (Å²) in [5.74, 6) is 8.51. The molecule has 3 N–H and O–H groups in total. The molecular formula is C15H24N2O3. The zero-order valence-corrected chi connectivity index (χ0v) is 12.4. The van der Waals surface area contributed by atoms with Crippen LogP contribution in [0.15, 0.2) is 12.1 Å².